The Morgan fingerprint density at radius 2 is 2.23 bits per heavy atom. The van der Waals surface area contributed by atoms with Crippen LogP contribution in [0.25, 0.3) is 0 Å². The molecular formula is C14H19Cl2N3O2S. The average molecular weight is 364 g/mol. The summed E-state index contributed by atoms with van der Waals surface area (Å²) in [6, 6.07) is 6.24. The van der Waals surface area contributed by atoms with Gasteiger partial charge in [0.15, 0.2) is 0 Å². The number of nitriles is 1. The van der Waals surface area contributed by atoms with Crippen LogP contribution in [-0.2, 0) is 10.0 Å². The van der Waals surface area contributed by atoms with Crippen LogP contribution in [0.3, 0.4) is 0 Å². The molecule has 0 aromatic heterocycles. The Labute approximate surface area is 142 Å². The first-order valence-corrected chi connectivity index (χ1v) is 8.65. The van der Waals surface area contributed by atoms with Crippen molar-refractivity contribution in [2.45, 2.75) is 17.7 Å². The Morgan fingerprint density at radius 3 is 2.82 bits per heavy atom. The highest BCUT2D eigenvalue weighted by Gasteiger charge is 2.31. The quantitative estimate of drug-likeness (QED) is 0.890. The molecule has 8 heteroatoms. The zero-order valence-electron chi connectivity index (χ0n) is 12.3. The second kappa shape index (κ2) is 8.14. The Morgan fingerprint density at radius 1 is 1.50 bits per heavy atom. The molecule has 1 saturated heterocycles. The van der Waals surface area contributed by atoms with E-state index in [9.17, 15) is 8.42 Å². The molecule has 122 valence electrons. The highest BCUT2D eigenvalue weighted by atomic mass is 35.5. The van der Waals surface area contributed by atoms with Crippen molar-refractivity contribution < 1.29 is 8.42 Å². The molecule has 1 aliphatic heterocycles. The first kappa shape index (κ1) is 19.2. The largest absolute Gasteiger partial charge is 0.319 e. The summed E-state index contributed by atoms with van der Waals surface area (Å²) in [5.74, 6) is 0.315. The molecule has 0 bridgehead atoms. The zero-order chi connectivity index (χ0) is 15.5. The van der Waals surface area contributed by atoms with Crippen LogP contribution in [0.2, 0.25) is 5.02 Å². The number of nitrogens with one attached hydrogen (secondary N) is 1. The second-order valence-corrected chi connectivity index (χ2v) is 7.50. The van der Waals surface area contributed by atoms with E-state index in [0.717, 1.165) is 19.4 Å². The summed E-state index contributed by atoms with van der Waals surface area (Å²) < 4.78 is 26.9. The summed E-state index contributed by atoms with van der Waals surface area (Å²) >= 11 is 6.04. The molecular weight excluding hydrogens is 345 g/mol. The number of hydrogen-bond acceptors (Lipinski definition) is 4. The summed E-state index contributed by atoms with van der Waals surface area (Å²) in [6.45, 7) is 1.81. The number of halogens is 2. The van der Waals surface area contributed by atoms with Crippen LogP contribution in [0.5, 0.6) is 0 Å². The number of nitrogens with zero attached hydrogens (tertiary/aromatic N) is 2. The molecule has 0 radical (unpaired) electrons. The fourth-order valence-electron chi connectivity index (χ4n) is 2.62. The summed E-state index contributed by atoms with van der Waals surface area (Å²) in [7, 11) is -1.74. The lowest BCUT2D eigenvalue weighted by Gasteiger charge is -2.32. The van der Waals surface area contributed by atoms with Crippen LogP contribution in [-0.4, -0.2) is 39.4 Å². The Bertz CT molecular complexity index is 657. The molecule has 2 rings (SSSR count). The van der Waals surface area contributed by atoms with Gasteiger partial charge in [-0.3, -0.25) is 0 Å². The third-order valence-electron chi connectivity index (χ3n) is 3.65. The molecule has 0 saturated carbocycles. The monoisotopic (exact) mass is 363 g/mol. The highest BCUT2D eigenvalue weighted by Crippen LogP contribution is 2.28. The number of hydrogen-bond donors (Lipinski definition) is 1. The molecule has 1 atom stereocenters. The van der Waals surface area contributed by atoms with Crippen molar-refractivity contribution in [2.24, 2.45) is 5.92 Å². The summed E-state index contributed by atoms with van der Waals surface area (Å²) in [5.41, 5.74) is 0.352. The molecule has 1 aliphatic rings. The van der Waals surface area contributed by atoms with Crippen molar-refractivity contribution >= 4 is 34.0 Å². The van der Waals surface area contributed by atoms with E-state index in [0.29, 0.717) is 24.6 Å². The van der Waals surface area contributed by atoms with Gasteiger partial charge in [-0.25, -0.2) is 8.42 Å². The van der Waals surface area contributed by atoms with E-state index in [-0.39, 0.29) is 22.3 Å². The first-order valence-electron chi connectivity index (χ1n) is 6.83. The number of piperidine rings is 1. The van der Waals surface area contributed by atoms with Gasteiger partial charge in [0.2, 0.25) is 10.0 Å². The van der Waals surface area contributed by atoms with Crippen LogP contribution < -0.4 is 5.32 Å². The topological polar surface area (TPSA) is 73.2 Å². The molecule has 0 aliphatic carbocycles. The zero-order valence-corrected chi connectivity index (χ0v) is 14.6. The van der Waals surface area contributed by atoms with Gasteiger partial charge in [-0.15, -0.1) is 12.4 Å². The Kier molecular flexibility index (Phi) is 7.10. The lowest BCUT2D eigenvalue weighted by molar-refractivity contribution is 0.263. The summed E-state index contributed by atoms with van der Waals surface area (Å²) in [6.07, 6.45) is 1.87. The maximum Gasteiger partial charge on any atom is 0.244 e. The van der Waals surface area contributed by atoms with Crippen molar-refractivity contribution in [1.29, 1.82) is 5.26 Å². The molecule has 1 unspecified atom stereocenters. The highest BCUT2D eigenvalue weighted by molar-refractivity contribution is 7.89. The van der Waals surface area contributed by atoms with Crippen molar-refractivity contribution in [2.75, 3.05) is 26.7 Å². The van der Waals surface area contributed by atoms with Crippen LogP contribution in [0.4, 0.5) is 0 Å². The van der Waals surface area contributed by atoms with E-state index in [2.05, 4.69) is 5.32 Å². The Hall–Kier alpha value is -0.840. The average Bonchev–Trinajstić information content (AvgIpc) is 2.47. The molecule has 1 aromatic carbocycles. The van der Waals surface area contributed by atoms with Gasteiger partial charge in [0.25, 0.3) is 0 Å². The van der Waals surface area contributed by atoms with Gasteiger partial charge in [-0.05, 0) is 50.6 Å². The van der Waals surface area contributed by atoms with Gasteiger partial charge < -0.3 is 5.32 Å². The molecule has 1 N–H and O–H groups in total. The summed E-state index contributed by atoms with van der Waals surface area (Å²) in [5, 5.41) is 12.0. The van der Waals surface area contributed by atoms with Crippen LogP contribution >= 0.6 is 24.0 Å². The van der Waals surface area contributed by atoms with Crippen LogP contribution in [0, 0.1) is 17.2 Å². The Balaban J connectivity index is 0.00000242. The molecule has 22 heavy (non-hydrogen) atoms. The molecule has 5 nitrogen and oxygen atoms in total. The van der Waals surface area contributed by atoms with E-state index in [4.69, 9.17) is 16.9 Å². The number of benzene rings is 1. The minimum atomic E-state index is -3.60. The maximum atomic E-state index is 12.7. The predicted molar refractivity (Wildman–Crippen MR) is 88.8 cm³/mol. The second-order valence-electron chi connectivity index (χ2n) is 5.19. The molecule has 0 amide bonds. The van der Waals surface area contributed by atoms with E-state index in [1.807, 2.05) is 13.1 Å². The van der Waals surface area contributed by atoms with E-state index in [1.54, 1.807) is 0 Å². The fourth-order valence-corrected chi connectivity index (χ4v) is 4.69. The summed E-state index contributed by atoms with van der Waals surface area (Å²) in [4.78, 5) is 0.0771. The van der Waals surface area contributed by atoms with E-state index < -0.39 is 10.0 Å². The number of sulfonamides is 1. The number of rotatable bonds is 4. The van der Waals surface area contributed by atoms with Gasteiger partial charge in [0.05, 0.1) is 16.7 Å². The lowest BCUT2D eigenvalue weighted by Crippen LogP contribution is -2.42. The van der Waals surface area contributed by atoms with Crippen LogP contribution in [0.1, 0.15) is 18.4 Å². The van der Waals surface area contributed by atoms with E-state index in [1.165, 1.54) is 22.5 Å². The van der Waals surface area contributed by atoms with Gasteiger partial charge in [0.1, 0.15) is 4.90 Å². The molecule has 1 heterocycles. The van der Waals surface area contributed by atoms with Crippen molar-refractivity contribution in [3.05, 3.63) is 28.8 Å². The normalized spacial score (nSPS) is 19.2. The van der Waals surface area contributed by atoms with Crippen molar-refractivity contribution in [3.8, 4) is 6.07 Å². The third kappa shape index (κ3) is 4.12. The predicted octanol–water partition coefficient (Wildman–Crippen LogP) is 2.25. The first-order chi connectivity index (χ1) is 9.98. The molecule has 1 fully saturated rings. The third-order valence-corrected chi connectivity index (χ3v) is 6.00. The van der Waals surface area contributed by atoms with Gasteiger partial charge in [-0.2, -0.15) is 9.57 Å². The van der Waals surface area contributed by atoms with Crippen LogP contribution in [0.15, 0.2) is 23.1 Å². The molecule has 1 aromatic rings. The maximum absolute atomic E-state index is 12.7. The lowest BCUT2D eigenvalue weighted by atomic mass is 10.00. The smallest absolute Gasteiger partial charge is 0.244 e. The van der Waals surface area contributed by atoms with Crippen molar-refractivity contribution in [1.82, 2.24) is 9.62 Å². The van der Waals surface area contributed by atoms with Gasteiger partial charge >= 0.3 is 0 Å². The molecule has 0 spiro atoms. The standard InChI is InChI=1S/C14H18ClN3O2S.ClH/c1-17-9-12-3-2-6-18(10-12)21(19,20)14-5-4-11(8-16)7-13(14)15;/h4-5,7,12,17H,2-3,6,9-10H2,1H3;1H. The van der Waals surface area contributed by atoms with Gasteiger partial charge in [-0.1, -0.05) is 11.6 Å². The fraction of sp³-hybridized carbons (Fsp3) is 0.500. The minimum absolute atomic E-state index is 0. The SMILES string of the molecule is CNCC1CCCN(S(=O)(=O)c2ccc(C#N)cc2Cl)C1.Cl. The minimum Gasteiger partial charge on any atom is -0.319 e. The van der Waals surface area contributed by atoms with E-state index >= 15 is 0 Å². The van der Waals surface area contributed by atoms with Crippen molar-refractivity contribution in [3.63, 3.8) is 0 Å². The van der Waals surface area contributed by atoms with Gasteiger partial charge in [0, 0.05) is 13.1 Å².